The molecule has 0 saturated carbocycles. The van der Waals surface area contributed by atoms with E-state index in [-0.39, 0.29) is 5.56 Å². The van der Waals surface area contributed by atoms with Gasteiger partial charge in [-0.2, -0.15) is 5.10 Å². The molecule has 1 aromatic carbocycles. The number of aromatic amines is 1. The minimum absolute atomic E-state index is 0.189. The highest BCUT2D eigenvalue weighted by Crippen LogP contribution is 2.32. The van der Waals surface area contributed by atoms with Crippen LogP contribution in [-0.4, -0.2) is 25.8 Å². The van der Waals surface area contributed by atoms with Crippen LogP contribution in [-0.2, 0) is 7.05 Å². The number of rotatable bonds is 2. The smallest absolute Gasteiger partial charge is 0.339 e. The molecule has 0 spiro atoms. The fourth-order valence-corrected chi connectivity index (χ4v) is 2.53. The van der Waals surface area contributed by atoms with Crippen molar-refractivity contribution in [2.75, 3.05) is 0 Å². The maximum Gasteiger partial charge on any atom is 0.339 e. The van der Waals surface area contributed by atoms with E-state index < -0.39 is 5.97 Å². The molecular formula is C14H13N3O2. The molecule has 2 N–H and O–H groups in total. The number of carboxylic acid groups (broad SMARTS) is 1. The van der Waals surface area contributed by atoms with Crippen molar-refractivity contribution in [3.05, 3.63) is 41.7 Å². The zero-order valence-corrected chi connectivity index (χ0v) is 10.6. The van der Waals surface area contributed by atoms with Gasteiger partial charge in [0.15, 0.2) is 0 Å². The van der Waals surface area contributed by atoms with Crippen molar-refractivity contribution in [1.82, 2.24) is 14.8 Å². The van der Waals surface area contributed by atoms with Crippen LogP contribution in [0.15, 0.2) is 30.6 Å². The number of hydrogen-bond acceptors (Lipinski definition) is 2. The fraction of sp³-hybridized carbons (Fsp3) is 0.143. The second-order valence-electron chi connectivity index (χ2n) is 4.59. The molecule has 5 nitrogen and oxygen atoms in total. The molecule has 0 atom stereocenters. The molecular weight excluding hydrogens is 242 g/mol. The monoisotopic (exact) mass is 255 g/mol. The highest BCUT2D eigenvalue weighted by atomic mass is 16.4. The first-order valence-electron chi connectivity index (χ1n) is 5.91. The number of para-hydroxylation sites is 1. The molecule has 3 aromatic rings. The molecule has 0 unspecified atom stereocenters. The first-order chi connectivity index (χ1) is 9.09. The minimum Gasteiger partial charge on any atom is -0.478 e. The summed E-state index contributed by atoms with van der Waals surface area (Å²) in [7, 11) is 1.95. The quantitative estimate of drug-likeness (QED) is 0.739. The molecule has 5 heteroatoms. The van der Waals surface area contributed by atoms with Gasteiger partial charge in [-0.3, -0.25) is 5.10 Å². The summed E-state index contributed by atoms with van der Waals surface area (Å²) in [6.45, 7) is 2.04. The van der Waals surface area contributed by atoms with Crippen molar-refractivity contribution >= 4 is 16.9 Å². The Bertz CT molecular complexity index is 783. The number of benzene rings is 1. The molecule has 2 aromatic heterocycles. The second kappa shape index (κ2) is 3.98. The van der Waals surface area contributed by atoms with Crippen molar-refractivity contribution in [2.45, 2.75) is 6.92 Å². The van der Waals surface area contributed by atoms with Gasteiger partial charge >= 0.3 is 5.97 Å². The second-order valence-corrected chi connectivity index (χ2v) is 4.59. The zero-order chi connectivity index (χ0) is 13.6. The molecule has 0 bridgehead atoms. The molecule has 0 radical (unpaired) electrons. The first kappa shape index (κ1) is 11.5. The maximum absolute atomic E-state index is 11.2. The van der Waals surface area contributed by atoms with E-state index in [0.29, 0.717) is 5.69 Å². The molecule has 2 heterocycles. The van der Waals surface area contributed by atoms with Gasteiger partial charge in [-0.05, 0) is 12.5 Å². The summed E-state index contributed by atoms with van der Waals surface area (Å²) in [5.41, 5.74) is 3.85. The van der Waals surface area contributed by atoms with Crippen molar-refractivity contribution in [1.29, 1.82) is 0 Å². The predicted molar refractivity (Wildman–Crippen MR) is 72.2 cm³/mol. The van der Waals surface area contributed by atoms with Crippen LogP contribution >= 0.6 is 0 Å². The Balaban J connectivity index is 2.35. The topological polar surface area (TPSA) is 70.9 Å². The summed E-state index contributed by atoms with van der Waals surface area (Å²) in [5.74, 6) is -0.978. The van der Waals surface area contributed by atoms with Gasteiger partial charge in [0, 0.05) is 24.2 Å². The Kier molecular flexibility index (Phi) is 2.41. The fourth-order valence-electron chi connectivity index (χ4n) is 2.53. The molecule has 96 valence electrons. The lowest BCUT2D eigenvalue weighted by Gasteiger charge is -2.00. The van der Waals surface area contributed by atoms with Gasteiger partial charge in [-0.15, -0.1) is 0 Å². The van der Waals surface area contributed by atoms with Gasteiger partial charge in [0.1, 0.15) is 5.56 Å². The van der Waals surface area contributed by atoms with Crippen molar-refractivity contribution in [3.63, 3.8) is 0 Å². The largest absolute Gasteiger partial charge is 0.478 e. The molecule has 3 rings (SSSR count). The van der Waals surface area contributed by atoms with E-state index in [0.717, 1.165) is 22.0 Å². The van der Waals surface area contributed by atoms with Gasteiger partial charge in [0.05, 0.1) is 17.4 Å². The molecule has 0 saturated heterocycles. The number of aryl methyl sites for hydroxylation is 2. The Labute approximate surface area is 109 Å². The minimum atomic E-state index is -0.978. The third kappa shape index (κ3) is 1.62. The molecule has 0 fully saturated rings. The number of aromatic nitrogens is 3. The summed E-state index contributed by atoms with van der Waals surface area (Å²) in [4.78, 5) is 11.2. The van der Waals surface area contributed by atoms with Gasteiger partial charge in [-0.1, -0.05) is 18.2 Å². The van der Waals surface area contributed by atoms with Crippen LogP contribution in [0.1, 0.15) is 15.9 Å². The van der Waals surface area contributed by atoms with Crippen LogP contribution < -0.4 is 0 Å². The van der Waals surface area contributed by atoms with E-state index in [4.69, 9.17) is 0 Å². The molecule has 0 aliphatic rings. The highest BCUT2D eigenvalue weighted by Gasteiger charge is 2.18. The Morgan fingerprint density at radius 2 is 2.21 bits per heavy atom. The Morgan fingerprint density at radius 3 is 2.95 bits per heavy atom. The molecule has 0 aliphatic carbocycles. The summed E-state index contributed by atoms with van der Waals surface area (Å²) >= 11 is 0. The van der Waals surface area contributed by atoms with E-state index in [1.54, 1.807) is 0 Å². The number of nitrogens with zero attached hydrogens (tertiary/aromatic N) is 2. The lowest BCUT2D eigenvalue weighted by molar-refractivity contribution is 0.0698. The van der Waals surface area contributed by atoms with E-state index in [9.17, 15) is 9.90 Å². The maximum atomic E-state index is 11.2. The lowest BCUT2D eigenvalue weighted by atomic mass is 10.1. The van der Waals surface area contributed by atoms with E-state index in [1.807, 2.05) is 42.9 Å². The van der Waals surface area contributed by atoms with Crippen LogP contribution in [0, 0.1) is 6.92 Å². The standard InChI is InChI=1S/C14H13N3O2/c1-8-4-3-5-9-11(7-17(2)13(8)9)12-10(14(18)19)6-15-16-12/h3-7H,1-2H3,(H,15,16)(H,18,19). The first-order valence-corrected chi connectivity index (χ1v) is 5.91. The zero-order valence-electron chi connectivity index (χ0n) is 10.6. The number of fused-ring (bicyclic) bond motifs is 1. The molecule has 19 heavy (non-hydrogen) atoms. The predicted octanol–water partition coefficient (Wildman–Crippen LogP) is 2.58. The Hall–Kier alpha value is -2.56. The van der Waals surface area contributed by atoms with Crippen LogP contribution in [0.25, 0.3) is 22.2 Å². The average molecular weight is 255 g/mol. The van der Waals surface area contributed by atoms with Crippen LogP contribution in [0.3, 0.4) is 0 Å². The summed E-state index contributed by atoms with van der Waals surface area (Å²) in [5, 5.41) is 16.8. The van der Waals surface area contributed by atoms with Crippen LogP contribution in [0.2, 0.25) is 0 Å². The van der Waals surface area contributed by atoms with E-state index in [1.165, 1.54) is 6.20 Å². The summed E-state index contributed by atoms with van der Waals surface area (Å²) < 4.78 is 2.01. The number of carbonyl (C=O) groups is 1. The molecule has 0 aliphatic heterocycles. The van der Waals surface area contributed by atoms with Crippen molar-refractivity contribution in [2.24, 2.45) is 7.05 Å². The highest BCUT2D eigenvalue weighted by molar-refractivity contribution is 6.02. The van der Waals surface area contributed by atoms with Crippen molar-refractivity contribution in [3.8, 4) is 11.3 Å². The summed E-state index contributed by atoms with van der Waals surface area (Å²) in [6, 6.07) is 6.00. The Morgan fingerprint density at radius 1 is 1.42 bits per heavy atom. The van der Waals surface area contributed by atoms with E-state index in [2.05, 4.69) is 10.2 Å². The normalized spacial score (nSPS) is 11.1. The number of H-pyrrole nitrogens is 1. The third-order valence-corrected chi connectivity index (χ3v) is 3.34. The number of hydrogen-bond donors (Lipinski definition) is 2. The van der Waals surface area contributed by atoms with E-state index >= 15 is 0 Å². The lowest BCUT2D eigenvalue weighted by Crippen LogP contribution is -1.96. The average Bonchev–Trinajstić information content (AvgIpc) is 2.94. The number of aromatic carboxylic acids is 1. The van der Waals surface area contributed by atoms with Gasteiger partial charge < -0.3 is 9.67 Å². The number of carboxylic acids is 1. The van der Waals surface area contributed by atoms with Crippen molar-refractivity contribution < 1.29 is 9.90 Å². The SMILES string of the molecule is Cc1cccc2c(-c3[nH]ncc3C(=O)O)cn(C)c12. The molecule has 0 amide bonds. The van der Waals surface area contributed by atoms with Gasteiger partial charge in [0.25, 0.3) is 0 Å². The summed E-state index contributed by atoms with van der Waals surface area (Å²) in [6.07, 6.45) is 3.27. The van der Waals surface area contributed by atoms with Gasteiger partial charge in [0.2, 0.25) is 0 Å². The third-order valence-electron chi connectivity index (χ3n) is 3.34. The van der Waals surface area contributed by atoms with Crippen LogP contribution in [0.4, 0.5) is 0 Å². The number of nitrogens with one attached hydrogen (secondary N) is 1. The van der Waals surface area contributed by atoms with Gasteiger partial charge in [-0.25, -0.2) is 4.79 Å². The van der Waals surface area contributed by atoms with Crippen LogP contribution in [0.5, 0.6) is 0 Å².